The molecule has 0 aromatic heterocycles. The molecule has 0 bridgehead atoms. The van der Waals surface area contributed by atoms with Gasteiger partial charge in [0, 0.05) is 0 Å². The molecule has 2 aromatic rings. The van der Waals surface area contributed by atoms with E-state index >= 15 is 0 Å². The van der Waals surface area contributed by atoms with Gasteiger partial charge in [0.2, 0.25) is 0 Å². The zero-order valence-corrected chi connectivity index (χ0v) is 12.9. The van der Waals surface area contributed by atoms with Crippen molar-refractivity contribution in [1.29, 1.82) is 5.26 Å². The van der Waals surface area contributed by atoms with Crippen LogP contribution in [0.25, 0.3) is 0 Å². The Morgan fingerprint density at radius 3 is 2.18 bits per heavy atom. The molecule has 0 unspecified atom stereocenters. The van der Waals surface area contributed by atoms with Crippen LogP contribution in [0.2, 0.25) is 0 Å². The molecular formula is C19H21NO2. The minimum Gasteiger partial charge on any atom is -0.494 e. The molecule has 0 radical (unpaired) electrons. The number of ether oxygens (including phenoxy) is 2. The van der Waals surface area contributed by atoms with Gasteiger partial charge in [-0.2, -0.15) is 5.26 Å². The van der Waals surface area contributed by atoms with Gasteiger partial charge in [0.15, 0.2) is 0 Å². The Kier molecular flexibility index (Phi) is 6.32. The van der Waals surface area contributed by atoms with Crippen LogP contribution in [0.4, 0.5) is 0 Å². The molecule has 3 heteroatoms. The van der Waals surface area contributed by atoms with Gasteiger partial charge in [-0.15, -0.1) is 0 Å². The van der Waals surface area contributed by atoms with Crippen molar-refractivity contribution in [1.82, 2.24) is 0 Å². The Hall–Kier alpha value is -2.47. The number of benzene rings is 2. The minimum absolute atomic E-state index is 0.406. The maximum absolute atomic E-state index is 8.84. The third-order valence-electron chi connectivity index (χ3n) is 3.37. The Morgan fingerprint density at radius 1 is 0.909 bits per heavy atom. The van der Waals surface area contributed by atoms with E-state index in [2.05, 4.69) is 13.0 Å². The van der Waals surface area contributed by atoms with E-state index in [0.717, 1.165) is 42.1 Å². The molecule has 0 fully saturated rings. The van der Waals surface area contributed by atoms with Gasteiger partial charge in [-0.05, 0) is 41.8 Å². The first-order valence-electron chi connectivity index (χ1n) is 7.63. The predicted octanol–water partition coefficient (Wildman–Crippen LogP) is 4.51. The monoisotopic (exact) mass is 295 g/mol. The fourth-order valence-electron chi connectivity index (χ4n) is 2.08. The van der Waals surface area contributed by atoms with Crippen molar-refractivity contribution in [2.24, 2.45) is 0 Å². The Balaban J connectivity index is 1.90. The van der Waals surface area contributed by atoms with Crippen molar-refractivity contribution in [3.8, 4) is 17.6 Å². The zero-order chi connectivity index (χ0) is 15.6. The van der Waals surface area contributed by atoms with E-state index in [1.807, 2.05) is 48.5 Å². The molecule has 3 nitrogen and oxygen atoms in total. The van der Waals surface area contributed by atoms with Gasteiger partial charge in [-0.3, -0.25) is 0 Å². The topological polar surface area (TPSA) is 42.2 Å². The summed E-state index contributed by atoms with van der Waals surface area (Å²) in [6, 6.07) is 17.7. The minimum atomic E-state index is 0.406. The second kappa shape index (κ2) is 8.74. The number of rotatable bonds is 8. The van der Waals surface area contributed by atoms with Crippen LogP contribution in [0.15, 0.2) is 48.5 Å². The predicted molar refractivity (Wildman–Crippen MR) is 86.9 cm³/mol. The molecule has 0 spiro atoms. The highest BCUT2D eigenvalue weighted by molar-refractivity contribution is 5.33. The standard InChI is InChI=1S/C19H21NO2/c1-2-3-14-21-18-8-10-19(11-9-18)22-15-17-7-5-4-6-16(17)12-13-20/h4-11H,2-3,12,14-15H2,1H3. The van der Waals surface area contributed by atoms with Crippen LogP contribution < -0.4 is 9.47 Å². The van der Waals surface area contributed by atoms with Crippen LogP contribution in [0, 0.1) is 11.3 Å². The van der Waals surface area contributed by atoms with Crippen LogP contribution >= 0.6 is 0 Å². The molecule has 0 saturated carbocycles. The molecule has 0 atom stereocenters. The van der Waals surface area contributed by atoms with E-state index in [9.17, 15) is 0 Å². The lowest BCUT2D eigenvalue weighted by Crippen LogP contribution is -2.00. The van der Waals surface area contributed by atoms with E-state index in [1.54, 1.807) is 0 Å². The summed E-state index contributed by atoms with van der Waals surface area (Å²) in [4.78, 5) is 0. The van der Waals surface area contributed by atoms with Gasteiger partial charge < -0.3 is 9.47 Å². The van der Waals surface area contributed by atoms with Crippen LogP contribution in [0.5, 0.6) is 11.5 Å². The second-order valence-corrected chi connectivity index (χ2v) is 5.07. The van der Waals surface area contributed by atoms with Gasteiger partial charge in [0.05, 0.1) is 19.1 Å². The number of unbranched alkanes of at least 4 members (excludes halogenated alkanes) is 1. The summed E-state index contributed by atoms with van der Waals surface area (Å²) in [5.41, 5.74) is 2.07. The van der Waals surface area contributed by atoms with E-state index in [0.29, 0.717) is 13.0 Å². The fourth-order valence-corrected chi connectivity index (χ4v) is 2.08. The maximum atomic E-state index is 8.84. The third-order valence-corrected chi connectivity index (χ3v) is 3.37. The summed E-state index contributed by atoms with van der Waals surface area (Å²) in [6.07, 6.45) is 2.60. The first kappa shape index (κ1) is 15.9. The molecule has 0 amide bonds. The normalized spacial score (nSPS) is 10.0. The number of hydrogen-bond acceptors (Lipinski definition) is 3. The molecule has 22 heavy (non-hydrogen) atoms. The smallest absolute Gasteiger partial charge is 0.120 e. The Bertz CT molecular complexity index is 614. The lowest BCUT2D eigenvalue weighted by atomic mass is 10.1. The highest BCUT2D eigenvalue weighted by Gasteiger charge is 2.03. The molecule has 0 N–H and O–H groups in total. The lowest BCUT2D eigenvalue weighted by Gasteiger charge is -2.10. The maximum Gasteiger partial charge on any atom is 0.120 e. The molecule has 0 heterocycles. The highest BCUT2D eigenvalue weighted by atomic mass is 16.5. The molecule has 0 aliphatic rings. The molecule has 114 valence electrons. The van der Waals surface area contributed by atoms with Crippen molar-refractivity contribution in [2.75, 3.05) is 6.61 Å². The van der Waals surface area contributed by atoms with Gasteiger partial charge in [-0.1, -0.05) is 37.6 Å². The Morgan fingerprint density at radius 2 is 1.55 bits per heavy atom. The summed E-state index contributed by atoms with van der Waals surface area (Å²) in [7, 11) is 0. The van der Waals surface area contributed by atoms with Crippen LogP contribution in [0.1, 0.15) is 30.9 Å². The van der Waals surface area contributed by atoms with Crippen molar-refractivity contribution in [3.05, 3.63) is 59.7 Å². The van der Waals surface area contributed by atoms with E-state index in [1.165, 1.54) is 0 Å². The summed E-state index contributed by atoms with van der Waals surface area (Å²) < 4.78 is 11.4. The average Bonchev–Trinajstić information content (AvgIpc) is 2.56. The average molecular weight is 295 g/mol. The molecule has 0 saturated heterocycles. The van der Waals surface area contributed by atoms with Crippen LogP contribution in [-0.4, -0.2) is 6.61 Å². The van der Waals surface area contributed by atoms with Crippen molar-refractivity contribution in [3.63, 3.8) is 0 Å². The number of hydrogen-bond donors (Lipinski definition) is 0. The third kappa shape index (κ3) is 4.82. The van der Waals surface area contributed by atoms with Crippen molar-refractivity contribution in [2.45, 2.75) is 32.8 Å². The second-order valence-electron chi connectivity index (χ2n) is 5.07. The number of nitrogens with zero attached hydrogens (tertiary/aromatic N) is 1. The van der Waals surface area contributed by atoms with Crippen LogP contribution in [0.3, 0.4) is 0 Å². The van der Waals surface area contributed by atoms with Crippen LogP contribution in [-0.2, 0) is 13.0 Å². The quantitative estimate of drug-likeness (QED) is 0.673. The largest absolute Gasteiger partial charge is 0.494 e. The van der Waals surface area contributed by atoms with Crippen molar-refractivity contribution >= 4 is 0 Å². The van der Waals surface area contributed by atoms with E-state index in [-0.39, 0.29) is 0 Å². The van der Waals surface area contributed by atoms with Gasteiger partial charge >= 0.3 is 0 Å². The molecule has 2 rings (SSSR count). The molecule has 2 aromatic carbocycles. The summed E-state index contributed by atoms with van der Waals surface area (Å²) in [5, 5.41) is 8.84. The van der Waals surface area contributed by atoms with E-state index in [4.69, 9.17) is 14.7 Å². The fraction of sp³-hybridized carbons (Fsp3) is 0.316. The van der Waals surface area contributed by atoms with Crippen molar-refractivity contribution < 1.29 is 9.47 Å². The van der Waals surface area contributed by atoms with Gasteiger partial charge in [0.1, 0.15) is 18.1 Å². The molecule has 0 aliphatic heterocycles. The first-order valence-corrected chi connectivity index (χ1v) is 7.63. The zero-order valence-electron chi connectivity index (χ0n) is 12.9. The molecular weight excluding hydrogens is 274 g/mol. The SMILES string of the molecule is CCCCOc1ccc(OCc2ccccc2CC#N)cc1. The van der Waals surface area contributed by atoms with Gasteiger partial charge in [0.25, 0.3) is 0 Å². The van der Waals surface area contributed by atoms with Gasteiger partial charge in [-0.25, -0.2) is 0 Å². The summed E-state index contributed by atoms with van der Waals surface area (Å²) >= 11 is 0. The Labute approximate surface area is 132 Å². The first-order chi connectivity index (χ1) is 10.8. The molecule has 0 aliphatic carbocycles. The summed E-state index contributed by atoms with van der Waals surface area (Å²) in [5.74, 6) is 1.67. The number of nitriles is 1. The highest BCUT2D eigenvalue weighted by Crippen LogP contribution is 2.20. The van der Waals surface area contributed by atoms with E-state index < -0.39 is 0 Å². The summed E-state index contributed by atoms with van der Waals surface area (Å²) in [6.45, 7) is 3.36. The lowest BCUT2D eigenvalue weighted by molar-refractivity contribution is 0.298.